The summed E-state index contributed by atoms with van der Waals surface area (Å²) in [6.07, 6.45) is 5.69. The number of likely N-dealkylation sites (tertiary alicyclic amines) is 1. The van der Waals surface area contributed by atoms with Crippen LogP contribution in [0.25, 0.3) is 0 Å². The quantitative estimate of drug-likeness (QED) is 0.272. The fourth-order valence-corrected chi connectivity index (χ4v) is 9.01. The van der Waals surface area contributed by atoms with Crippen molar-refractivity contribution in [3.8, 4) is 0 Å². The molecule has 0 aromatic rings. The Bertz CT molecular complexity index is 681. The predicted octanol–water partition coefficient (Wildman–Crippen LogP) is 2.06. The Labute approximate surface area is 198 Å². The number of carbonyl (C=O) groups excluding carboxylic acids is 3. The number of hydrogen-bond donors (Lipinski definition) is 3. The van der Waals surface area contributed by atoms with Crippen molar-refractivity contribution < 1.29 is 19.5 Å². The van der Waals surface area contributed by atoms with Gasteiger partial charge in [0.15, 0.2) is 0 Å². The fraction of sp³-hybridized carbons (Fsp3) is 0.864. The summed E-state index contributed by atoms with van der Waals surface area (Å²) in [7, 11) is 0. The van der Waals surface area contributed by atoms with Crippen LogP contribution in [0.15, 0.2) is 0 Å². The molecular formula is C22H36BrN3O4S. The lowest BCUT2D eigenvalue weighted by Crippen LogP contribution is -2.55. The molecule has 3 unspecified atom stereocenters. The van der Waals surface area contributed by atoms with Gasteiger partial charge in [-0.25, -0.2) is 0 Å². The van der Waals surface area contributed by atoms with Crippen molar-refractivity contribution in [1.29, 1.82) is 0 Å². The minimum atomic E-state index is -0.558. The van der Waals surface area contributed by atoms with Gasteiger partial charge in [0.05, 0.1) is 16.6 Å². The van der Waals surface area contributed by atoms with E-state index in [2.05, 4.69) is 33.5 Å². The number of hydrogen-bond acceptors (Lipinski definition) is 5. The van der Waals surface area contributed by atoms with E-state index in [-0.39, 0.29) is 34.4 Å². The van der Waals surface area contributed by atoms with Crippen molar-refractivity contribution in [2.75, 3.05) is 26.2 Å². The van der Waals surface area contributed by atoms with E-state index in [1.54, 1.807) is 16.7 Å². The first-order valence-electron chi connectivity index (χ1n) is 11.7. The maximum atomic E-state index is 13.7. The third kappa shape index (κ3) is 4.64. The lowest BCUT2D eigenvalue weighted by molar-refractivity contribution is -0.140. The molecule has 3 N–H and O–H groups in total. The van der Waals surface area contributed by atoms with Gasteiger partial charge in [0.2, 0.25) is 17.7 Å². The van der Waals surface area contributed by atoms with Crippen LogP contribution in [-0.4, -0.2) is 74.8 Å². The van der Waals surface area contributed by atoms with E-state index >= 15 is 0 Å². The molecule has 3 rings (SSSR count). The van der Waals surface area contributed by atoms with Gasteiger partial charge in [-0.15, -0.1) is 11.8 Å². The molecule has 2 bridgehead atoms. The number of rotatable bonds is 12. The fourth-order valence-electron chi connectivity index (χ4n) is 5.39. The number of nitrogens with one attached hydrogen (secondary N) is 2. The zero-order valence-electron chi connectivity index (χ0n) is 18.6. The average Bonchev–Trinajstić information content (AvgIpc) is 3.33. The van der Waals surface area contributed by atoms with Gasteiger partial charge in [-0.3, -0.25) is 14.4 Å². The molecule has 3 amide bonds. The molecule has 3 saturated heterocycles. The molecule has 0 aromatic carbocycles. The topological polar surface area (TPSA) is 98.7 Å². The number of nitrogens with zero attached hydrogens (tertiary/aromatic N) is 1. The van der Waals surface area contributed by atoms with E-state index in [4.69, 9.17) is 5.11 Å². The number of fused-ring (bicyclic) bond motifs is 1. The van der Waals surface area contributed by atoms with Crippen molar-refractivity contribution in [3.05, 3.63) is 0 Å². The summed E-state index contributed by atoms with van der Waals surface area (Å²) in [6.45, 7) is 5.91. The van der Waals surface area contributed by atoms with Gasteiger partial charge in [0, 0.05) is 36.3 Å². The third-order valence-corrected chi connectivity index (χ3v) is 10.00. The zero-order chi connectivity index (χ0) is 22.6. The van der Waals surface area contributed by atoms with E-state index < -0.39 is 22.6 Å². The lowest BCUT2D eigenvalue weighted by atomic mass is 9.70. The first kappa shape index (κ1) is 24.8. The van der Waals surface area contributed by atoms with E-state index in [1.807, 2.05) is 6.92 Å². The maximum absolute atomic E-state index is 13.7. The molecule has 0 aliphatic carbocycles. The Morgan fingerprint density at radius 1 is 1.13 bits per heavy atom. The van der Waals surface area contributed by atoms with Crippen LogP contribution in [0, 0.1) is 11.8 Å². The molecule has 3 aliphatic heterocycles. The number of amides is 3. The first-order chi connectivity index (χ1) is 14.9. The van der Waals surface area contributed by atoms with E-state index in [0.717, 1.165) is 38.5 Å². The standard InChI is InChI=1S/C22H36BrN3O4S/c1-3-5-10-25-20(29)18-22-13-14(23)17(31-22)15(19(28)24-9-4-2)16(22)21(30)26(18)11-7-6-8-12-27/h14-18,27H,3-13H2,1-2H3,(H,24,28)(H,25,29)/t14?,15-,16-,17-,18?,22?/m0/s1. The molecule has 176 valence electrons. The van der Waals surface area contributed by atoms with Gasteiger partial charge >= 0.3 is 0 Å². The second kappa shape index (κ2) is 10.9. The van der Waals surface area contributed by atoms with Crippen LogP contribution in [0.4, 0.5) is 0 Å². The number of aliphatic hydroxyl groups excluding tert-OH is 1. The van der Waals surface area contributed by atoms with E-state index in [1.165, 1.54) is 0 Å². The largest absolute Gasteiger partial charge is 0.396 e. The van der Waals surface area contributed by atoms with Crippen LogP contribution in [0.5, 0.6) is 0 Å². The minimum Gasteiger partial charge on any atom is -0.396 e. The van der Waals surface area contributed by atoms with Gasteiger partial charge in [0.1, 0.15) is 6.04 Å². The smallest absolute Gasteiger partial charge is 0.244 e. The number of unbranched alkanes of at least 4 members (excludes halogenated alkanes) is 3. The summed E-state index contributed by atoms with van der Waals surface area (Å²) >= 11 is 5.45. The third-order valence-electron chi connectivity index (χ3n) is 6.78. The highest BCUT2D eigenvalue weighted by Gasteiger charge is 2.75. The van der Waals surface area contributed by atoms with Gasteiger partial charge in [-0.2, -0.15) is 0 Å². The minimum absolute atomic E-state index is 0.00767. The summed E-state index contributed by atoms with van der Waals surface area (Å²) in [5.41, 5.74) is 0. The predicted molar refractivity (Wildman–Crippen MR) is 126 cm³/mol. The van der Waals surface area contributed by atoms with Gasteiger partial charge in [-0.05, 0) is 38.5 Å². The van der Waals surface area contributed by atoms with Crippen LogP contribution in [0.3, 0.4) is 0 Å². The van der Waals surface area contributed by atoms with E-state index in [0.29, 0.717) is 26.1 Å². The Morgan fingerprint density at radius 3 is 2.55 bits per heavy atom. The Kier molecular flexibility index (Phi) is 8.72. The molecule has 1 spiro atoms. The Hall–Kier alpha value is -0.800. The Balaban J connectivity index is 1.88. The number of thioether (sulfide) groups is 1. The number of alkyl halides is 1. The van der Waals surface area contributed by atoms with Crippen molar-refractivity contribution >= 4 is 45.4 Å². The zero-order valence-corrected chi connectivity index (χ0v) is 21.0. The van der Waals surface area contributed by atoms with E-state index in [9.17, 15) is 14.4 Å². The molecule has 0 radical (unpaired) electrons. The molecule has 3 fully saturated rings. The molecule has 7 nitrogen and oxygen atoms in total. The van der Waals surface area contributed by atoms with Crippen molar-refractivity contribution in [1.82, 2.24) is 15.5 Å². The summed E-state index contributed by atoms with van der Waals surface area (Å²) in [4.78, 5) is 42.0. The average molecular weight is 519 g/mol. The SMILES string of the molecule is CCCCNC(=O)C1N(CCCCCO)C(=O)[C@@H]2[C@H](C(=O)NCCC)[C@H]3SC12CC3Br. The van der Waals surface area contributed by atoms with Gasteiger partial charge in [0.25, 0.3) is 0 Å². The highest BCUT2D eigenvalue weighted by Crippen LogP contribution is 2.67. The normalized spacial score (nSPS) is 33.6. The van der Waals surface area contributed by atoms with Crippen LogP contribution in [0.2, 0.25) is 0 Å². The molecule has 0 aromatic heterocycles. The molecule has 3 aliphatic rings. The molecule has 3 heterocycles. The second-order valence-corrected chi connectivity index (χ2v) is 11.6. The summed E-state index contributed by atoms with van der Waals surface area (Å²) < 4.78 is -0.558. The van der Waals surface area contributed by atoms with Crippen LogP contribution >= 0.6 is 27.7 Å². The monoisotopic (exact) mass is 517 g/mol. The highest BCUT2D eigenvalue weighted by atomic mass is 79.9. The molecule has 6 atom stereocenters. The van der Waals surface area contributed by atoms with Gasteiger partial charge < -0.3 is 20.6 Å². The lowest BCUT2D eigenvalue weighted by Gasteiger charge is -2.35. The maximum Gasteiger partial charge on any atom is 0.244 e. The molecule has 31 heavy (non-hydrogen) atoms. The summed E-state index contributed by atoms with van der Waals surface area (Å²) in [5, 5.41) is 15.1. The number of aliphatic hydroxyl groups is 1. The summed E-state index contributed by atoms with van der Waals surface area (Å²) in [5.74, 6) is -1.06. The van der Waals surface area contributed by atoms with Gasteiger partial charge in [-0.1, -0.05) is 36.2 Å². The van der Waals surface area contributed by atoms with Crippen molar-refractivity contribution in [3.63, 3.8) is 0 Å². The number of halogens is 1. The van der Waals surface area contributed by atoms with Crippen LogP contribution in [-0.2, 0) is 14.4 Å². The molecule has 0 saturated carbocycles. The first-order valence-corrected chi connectivity index (χ1v) is 13.5. The summed E-state index contributed by atoms with van der Waals surface area (Å²) in [6, 6.07) is -0.546. The van der Waals surface area contributed by atoms with Crippen molar-refractivity contribution in [2.45, 2.75) is 79.7 Å². The molecule has 9 heteroatoms. The number of carbonyl (C=O) groups is 3. The van der Waals surface area contributed by atoms with Crippen molar-refractivity contribution in [2.24, 2.45) is 11.8 Å². The molecular weight excluding hydrogens is 482 g/mol. The van der Waals surface area contributed by atoms with Crippen LogP contribution in [0.1, 0.15) is 58.8 Å². The van der Waals surface area contributed by atoms with Crippen LogP contribution < -0.4 is 10.6 Å². The highest BCUT2D eigenvalue weighted by molar-refractivity contribution is 9.09. The Morgan fingerprint density at radius 2 is 1.87 bits per heavy atom. The second-order valence-electron chi connectivity index (χ2n) is 8.92.